The second kappa shape index (κ2) is 9.07. The van der Waals surface area contributed by atoms with Crippen LogP contribution in [-0.2, 0) is 0 Å². The Balaban J connectivity index is 1.65. The molecule has 2 aromatic rings. The van der Waals surface area contributed by atoms with Gasteiger partial charge in [-0.25, -0.2) is 9.18 Å². The summed E-state index contributed by atoms with van der Waals surface area (Å²) in [6, 6.07) is 4.12. The lowest BCUT2D eigenvalue weighted by Crippen LogP contribution is -2.42. The van der Waals surface area contributed by atoms with Crippen molar-refractivity contribution in [2.45, 2.75) is 37.8 Å². The number of nitrogens with one attached hydrogen (secondary N) is 3. The van der Waals surface area contributed by atoms with Gasteiger partial charge in [-0.05, 0) is 59.8 Å². The van der Waals surface area contributed by atoms with Crippen LogP contribution in [0.4, 0.5) is 20.6 Å². The van der Waals surface area contributed by atoms with Gasteiger partial charge in [-0.2, -0.15) is 0 Å². The van der Waals surface area contributed by atoms with E-state index in [9.17, 15) is 14.4 Å². The van der Waals surface area contributed by atoms with Crippen LogP contribution in [0.1, 0.15) is 31.2 Å². The molecule has 6 N–H and O–H groups in total. The molecule has 10 heteroatoms. The molecule has 0 spiro atoms. The van der Waals surface area contributed by atoms with Gasteiger partial charge in [0.1, 0.15) is 18.3 Å². The zero-order valence-corrected chi connectivity index (χ0v) is 16.5. The van der Waals surface area contributed by atoms with Crippen LogP contribution in [0, 0.1) is 5.82 Å². The molecule has 0 saturated heterocycles. The van der Waals surface area contributed by atoms with Crippen LogP contribution in [0.3, 0.4) is 0 Å². The molecule has 0 atom stereocenters. The van der Waals surface area contributed by atoms with Crippen molar-refractivity contribution >= 4 is 39.2 Å². The van der Waals surface area contributed by atoms with Gasteiger partial charge in [0, 0.05) is 17.8 Å². The molecule has 1 saturated carbocycles. The first-order chi connectivity index (χ1) is 13.5. The molecule has 1 fully saturated rings. The summed E-state index contributed by atoms with van der Waals surface area (Å²) in [6.07, 6.45) is 6.07. The van der Waals surface area contributed by atoms with E-state index in [0.29, 0.717) is 16.9 Å². The van der Waals surface area contributed by atoms with Gasteiger partial charge in [-0.1, -0.05) is 5.16 Å². The van der Waals surface area contributed by atoms with Crippen molar-refractivity contribution in [1.29, 1.82) is 0 Å². The first-order valence-electron chi connectivity index (χ1n) is 8.80. The van der Waals surface area contributed by atoms with Crippen LogP contribution in [0.15, 0.2) is 44.8 Å². The maximum absolute atomic E-state index is 13.4. The van der Waals surface area contributed by atoms with E-state index < -0.39 is 5.82 Å². The zero-order chi connectivity index (χ0) is 20.1. The van der Waals surface area contributed by atoms with Crippen molar-refractivity contribution in [3.05, 3.63) is 46.6 Å². The lowest BCUT2D eigenvalue weighted by Gasteiger charge is -2.26. The highest BCUT2D eigenvalue weighted by molar-refractivity contribution is 9.10. The Morgan fingerprint density at radius 3 is 2.68 bits per heavy atom. The molecule has 1 aliphatic carbocycles. The molecule has 28 heavy (non-hydrogen) atoms. The average molecular weight is 454 g/mol. The minimum absolute atomic E-state index is 0.0335. The molecule has 150 valence electrons. The van der Waals surface area contributed by atoms with E-state index in [0.717, 1.165) is 25.7 Å². The number of carbonyl (C=O) groups excluding carboxylic acids is 1. The minimum Gasteiger partial charge on any atom is -0.470 e. The highest BCUT2D eigenvalue weighted by Crippen LogP contribution is 2.23. The van der Waals surface area contributed by atoms with Gasteiger partial charge in [0.2, 0.25) is 0 Å². The number of furan rings is 1. The van der Waals surface area contributed by atoms with Gasteiger partial charge >= 0.3 is 6.03 Å². The summed E-state index contributed by atoms with van der Waals surface area (Å²) in [5.74, 6) is -0.384. The second-order valence-electron chi connectivity index (χ2n) is 6.61. The Labute approximate surface area is 169 Å². The van der Waals surface area contributed by atoms with E-state index in [-0.39, 0.29) is 28.4 Å². The lowest BCUT2D eigenvalue weighted by molar-refractivity contribution is 0.242. The smallest absolute Gasteiger partial charge is 0.319 e. The van der Waals surface area contributed by atoms with Crippen molar-refractivity contribution in [2.24, 2.45) is 10.9 Å². The van der Waals surface area contributed by atoms with Gasteiger partial charge in [0.15, 0.2) is 5.84 Å². The molecule has 1 heterocycles. The Bertz CT molecular complexity index is 865. The van der Waals surface area contributed by atoms with Crippen molar-refractivity contribution in [2.75, 3.05) is 10.6 Å². The van der Waals surface area contributed by atoms with E-state index in [2.05, 4.69) is 37.0 Å². The van der Waals surface area contributed by atoms with Gasteiger partial charge in [-0.3, -0.25) is 0 Å². The van der Waals surface area contributed by atoms with Crippen LogP contribution < -0.4 is 21.7 Å². The molecule has 2 amide bonds. The molecule has 1 aromatic carbocycles. The number of anilines is 2. The monoisotopic (exact) mass is 453 g/mol. The van der Waals surface area contributed by atoms with E-state index >= 15 is 0 Å². The summed E-state index contributed by atoms with van der Waals surface area (Å²) in [4.78, 5) is 12.3. The van der Waals surface area contributed by atoms with Crippen LogP contribution in [0.5, 0.6) is 0 Å². The van der Waals surface area contributed by atoms with Crippen LogP contribution >= 0.6 is 15.9 Å². The minimum atomic E-state index is -0.418. The third-order valence-corrected chi connectivity index (χ3v) is 5.16. The van der Waals surface area contributed by atoms with E-state index in [4.69, 9.17) is 10.2 Å². The molecular formula is C18H21BrFN5O3. The number of carbonyl (C=O) groups is 1. The average Bonchev–Trinajstić information content (AvgIpc) is 3.12. The Hall–Kier alpha value is -2.59. The maximum atomic E-state index is 13.4. The highest BCUT2D eigenvalue weighted by Gasteiger charge is 2.21. The number of urea groups is 1. The van der Waals surface area contributed by atoms with Crippen molar-refractivity contribution in [1.82, 2.24) is 5.32 Å². The zero-order valence-electron chi connectivity index (χ0n) is 14.9. The fraction of sp³-hybridized carbons (Fsp3) is 0.333. The van der Waals surface area contributed by atoms with Crippen LogP contribution in [0.25, 0.3) is 0 Å². The summed E-state index contributed by atoms with van der Waals surface area (Å²) in [7, 11) is 0. The maximum Gasteiger partial charge on any atom is 0.319 e. The third kappa shape index (κ3) is 5.02. The number of amidine groups is 1. The fourth-order valence-electron chi connectivity index (χ4n) is 3.04. The first kappa shape index (κ1) is 20.2. The van der Waals surface area contributed by atoms with Crippen LogP contribution in [0.2, 0.25) is 0 Å². The van der Waals surface area contributed by atoms with Gasteiger partial charge < -0.3 is 31.3 Å². The Kier molecular flexibility index (Phi) is 6.53. The fourth-order valence-corrected chi connectivity index (χ4v) is 3.42. The molecule has 0 unspecified atom stereocenters. The van der Waals surface area contributed by atoms with E-state index in [1.54, 1.807) is 0 Å². The summed E-state index contributed by atoms with van der Waals surface area (Å²) in [5, 5.41) is 21.1. The molecule has 0 aliphatic heterocycles. The number of hydrogen-bond acceptors (Lipinski definition) is 5. The lowest BCUT2D eigenvalue weighted by atomic mass is 9.92. The van der Waals surface area contributed by atoms with Gasteiger partial charge in [-0.15, -0.1) is 0 Å². The number of amides is 2. The van der Waals surface area contributed by atoms with Crippen molar-refractivity contribution < 1.29 is 18.8 Å². The largest absolute Gasteiger partial charge is 0.470 e. The summed E-state index contributed by atoms with van der Waals surface area (Å²) in [5.41, 5.74) is 7.02. The Morgan fingerprint density at radius 2 is 2.00 bits per heavy atom. The molecule has 8 nitrogen and oxygen atoms in total. The first-order valence-corrected chi connectivity index (χ1v) is 9.59. The molecule has 0 radical (unpaired) electrons. The van der Waals surface area contributed by atoms with Crippen LogP contribution in [-0.4, -0.2) is 29.2 Å². The number of benzene rings is 1. The number of nitrogens with zero attached hydrogens (tertiary/aromatic N) is 1. The number of rotatable bonds is 4. The Morgan fingerprint density at radius 1 is 1.25 bits per heavy atom. The number of oxime groups is 1. The van der Waals surface area contributed by atoms with Gasteiger partial charge in [0.25, 0.3) is 0 Å². The predicted octanol–water partition coefficient (Wildman–Crippen LogP) is 3.82. The highest BCUT2D eigenvalue weighted by atomic mass is 79.9. The predicted molar refractivity (Wildman–Crippen MR) is 107 cm³/mol. The van der Waals surface area contributed by atoms with E-state index in [1.165, 1.54) is 30.7 Å². The number of nitrogens with two attached hydrogens (primary N) is 1. The molecule has 0 bridgehead atoms. The number of halogens is 2. The second-order valence-corrected chi connectivity index (χ2v) is 7.47. The molecule has 1 aromatic heterocycles. The topological polar surface area (TPSA) is 125 Å². The van der Waals surface area contributed by atoms with Crippen molar-refractivity contribution in [3.63, 3.8) is 0 Å². The van der Waals surface area contributed by atoms with Gasteiger partial charge in [0.05, 0.1) is 15.7 Å². The molecular weight excluding hydrogens is 433 g/mol. The number of hydrogen-bond donors (Lipinski definition) is 5. The quantitative estimate of drug-likeness (QED) is 0.208. The van der Waals surface area contributed by atoms with Crippen molar-refractivity contribution in [3.8, 4) is 0 Å². The molecule has 1 aliphatic rings. The SMILES string of the molecule is NC1CCC(NC(=O)Nc2cocc2/C(=N/O)Nc2ccc(F)c(Br)c2)CC1. The summed E-state index contributed by atoms with van der Waals surface area (Å²) < 4.78 is 18.8. The third-order valence-electron chi connectivity index (χ3n) is 4.55. The summed E-state index contributed by atoms with van der Waals surface area (Å²) >= 11 is 3.10. The normalized spacial score (nSPS) is 19.9. The standard InChI is InChI=1S/C18H21BrFN5O3/c19-14-7-12(5-6-15(14)20)22-17(25-27)13-8-28-9-16(13)24-18(26)23-11-3-1-10(21)2-4-11/h5-11,27H,1-4,21H2,(H,22,25)(H2,23,24,26). The summed E-state index contributed by atoms with van der Waals surface area (Å²) in [6.45, 7) is 0. The molecule has 3 rings (SSSR count). The van der Waals surface area contributed by atoms with E-state index in [1.807, 2.05) is 0 Å².